The second-order valence-electron chi connectivity index (χ2n) is 4.97. The van der Waals surface area contributed by atoms with Crippen molar-refractivity contribution >= 4 is 25.8 Å². The van der Waals surface area contributed by atoms with Gasteiger partial charge in [0, 0.05) is 0 Å². The summed E-state index contributed by atoms with van der Waals surface area (Å²) >= 11 is 3.04. The monoisotopic (exact) mass is 408 g/mol. The Hall–Kier alpha value is -1.54. The van der Waals surface area contributed by atoms with Crippen molar-refractivity contribution in [2.24, 2.45) is 0 Å². The summed E-state index contributed by atoms with van der Waals surface area (Å²) in [5.41, 5.74) is -3.41. The minimum Gasteiger partial charge on any atom is -0.456 e. The lowest BCUT2D eigenvalue weighted by Crippen LogP contribution is -2.23. The van der Waals surface area contributed by atoms with Gasteiger partial charge in [0.1, 0.15) is 11.5 Å². The Morgan fingerprint density at radius 2 is 1.57 bits per heavy atom. The molecule has 8 heteroatoms. The summed E-state index contributed by atoms with van der Waals surface area (Å²) in [4.78, 5) is -0.843. The SMILES string of the molecule is Cc1cc(C)cc(Oc2ccc(S(=O)(=O)C(F)(F)F)cc2Br)c1. The van der Waals surface area contributed by atoms with Gasteiger partial charge in [-0.25, -0.2) is 8.42 Å². The Morgan fingerprint density at radius 3 is 2.04 bits per heavy atom. The molecule has 0 aliphatic rings. The number of ether oxygens (including phenoxy) is 1. The fourth-order valence-corrected chi connectivity index (χ4v) is 3.38. The third kappa shape index (κ3) is 3.87. The van der Waals surface area contributed by atoms with Gasteiger partial charge < -0.3 is 4.74 Å². The highest BCUT2D eigenvalue weighted by molar-refractivity contribution is 9.10. The Morgan fingerprint density at radius 1 is 1.00 bits per heavy atom. The van der Waals surface area contributed by atoms with E-state index in [2.05, 4.69) is 15.9 Å². The van der Waals surface area contributed by atoms with E-state index in [4.69, 9.17) is 4.74 Å². The van der Waals surface area contributed by atoms with Crippen LogP contribution in [0, 0.1) is 13.8 Å². The average molecular weight is 409 g/mol. The molecule has 0 unspecified atom stereocenters. The number of alkyl halides is 3. The summed E-state index contributed by atoms with van der Waals surface area (Å²) in [6, 6.07) is 8.40. The van der Waals surface area contributed by atoms with Gasteiger partial charge in [-0.15, -0.1) is 0 Å². The number of hydrogen-bond acceptors (Lipinski definition) is 3. The first-order valence-corrected chi connectivity index (χ1v) is 8.65. The highest BCUT2D eigenvalue weighted by atomic mass is 79.9. The normalized spacial score (nSPS) is 12.3. The van der Waals surface area contributed by atoms with Crippen LogP contribution in [-0.4, -0.2) is 13.9 Å². The zero-order valence-corrected chi connectivity index (χ0v) is 14.5. The van der Waals surface area contributed by atoms with Gasteiger partial charge in [0.25, 0.3) is 9.84 Å². The van der Waals surface area contributed by atoms with Crippen LogP contribution in [0.4, 0.5) is 13.2 Å². The number of benzene rings is 2. The van der Waals surface area contributed by atoms with E-state index in [0.717, 1.165) is 23.3 Å². The summed E-state index contributed by atoms with van der Waals surface area (Å²) in [6.45, 7) is 3.77. The summed E-state index contributed by atoms with van der Waals surface area (Å²) in [7, 11) is -5.39. The molecule has 0 radical (unpaired) electrons. The van der Waals surface area contributed by atoms with E-state index in [-0.39, 0.29) is 10.2 Å². The molecule has 0 heterocycles. The van der Waals surface area contributed by atoms with Gasteiger partial charge in [-0.3, -0.25) is 0 Å². The second kappa shape index (κ2) is 6.16. The summed E-state index contributed by atoms with van der Waals surface area (Å²) in [5.74, 6) is 0.728. The molecule has 0 bridgehead atoms. The lowest BCUT2D eigenvalue weighted by molar-refractivity contribution is -0.0436. The van der Waals surface area contributed by atoms with E-state index in [1.165, 1.54) is 6.07 Å². The molecule has 2 rings (SSSR count). The van der Waals surface area contributed by atoms with Crippen molar-refractivity contribution in [2.75, 3.05) is 0 Å². The molecule has 124 valence electrons. The summed E-state index contributed by atoms with van der Waals surface area (Å²) < 4.78 is 66.1. The molecule has 2 aromatic carbocycles. The van der Waals surface area contributed by atoms with Crippen molar-refractivity contribution < 1.29 is 26.3 Å². The molecule has 23 heavy (non-hydrogen) atoms. The third-order valence-corrected chi connectivity index (χ3v) is 5.05. The first kappa shape index (κ1) is 17.8. The van der Waals surface area contributed by atoms with Gasteiger partial charge in [0.2, 0.25) is 0 Å². The number of hydrogen-bond donors (Lipinski definition) is 0. The maximum absolute atomic E-state index is 12.6. The lowest BCUT2D eigenvalue weighted by Gasteiger charge is -2.12. The Kier molecular flexibility index (Phi) is 4.77. The molecule has 0 aliphatic heterocycles. The van der Waals surface area contributed by atoms with Crippen LogP contribution in [0.25, 0.3) is 0 Å². The van der Waals surface area contributed by atoms with E-state index in [9.17, 15) is 21.6 Å². The van der Waals surface area contributed by atoms with Crippen LogP contribution < -0.4 is 4.74 Å². The van der Waals surface area contributed by atoms with E-state index in [1.807, 2.05) is 19.9 Å². The number of sulfone groups is 1. The van der Waals surface area contributed by atoms with E-state index in [0.29, 0.717) is 5.75 Å². The highest BCUT2D eigenvalue weighted by Crippen LogP contribution is 2.36. The van der Waals surface area contributed by atoms with Crippen LogP contribution >= 0.6 is 15.9 Å². The van der Waals surface area contributed by atoms with Crippen molar-refractivity contribution in [2.45, 2.75) is 24.3 Å². The quantitative estimate of drug-likeness (QED) is 0.704. The summed E-state index contributed by atoms with van der Waals surface area (Å²) in [5, 5.41) is 0. The van der Waals surface area contributed by atoms with Crippen molar-refractivity contribution in [1.29, 1.82) is 0 Å². The molecule has 0 fully saturated rings. The largest absolute Gasteiger partial charge is 0.501 e. The zero-order valence-electron chi connectivity index (χ0n) is 12.1. The van der Waals surface area contributed by atoms with Gasteiger partial charge in [-0.2, -0.15) is 13.2 Å². The first-order valence-electron chi connectivity index (χ1n) is 6.38. The minimum absolute atomic E-state index is 0.113. The Balaban J connectivity index is 2.37. The smallest absolute Gasteiger partial charge is 0.456 e. The topological polar surface area (TPSA) is 43.4 Å². The zero-order chi connectivity index (χ0) is 17.4. The molecule has 2 aromatic rings. The van der Waals surface area contributed by atoms with Crippen molar-refractivity contribution in [1.82, 2.24) is 0 Å². The first-order chi connectivity index (χ1) is 10.5. The molecule has 0 spiro atoms. The lowest BCUT2D eigenvalue weighted by atomic mass is 10.1. The van der Waals surface area contributed by atoms with Crippen LogP contribution in [0.15, 0.2) is 45.8 Å². The van der Waals surface area contributed by atoms with Crippen LogP contribution in [0.5, 0.6) is 11.5 Å². The van der Waals surface area contributed by atoms with Gasteiger partial charge in [0.05, 0.1) is 9.37 Å². The fraction of sp³-hybridized carbons (Fsp3) is 0.200. The molecular weight excluding hydrogens is 397 g/mol. The Bertz CT molecular complexity index is 825. The molecule has 0 N–H and O–H groups in total. The van der Waals surface area contributed by atoms with Gasteiger partial charge in [0.15, 0.2) is 0 Å². The summed E-state index contributed by atoms with van der Waals surface area (Å²) in [6.07, 6.45) is 0. The van der Waals surface area contributed by atoms with Crippen molar-refractivity contribution in [3.63, 3.8) is 0 Å². The van der Waals surface area contributed by atoms with Crippen molar-refractivity contribution in [3.05, 3.63) is 52.0 Å². The van der Waals surface area contributed by atoms with E-state index in [1.54, 1.807) is 12.1 Å². The third-order valence-electron chi connectivity index (χ3n) is 2.94. The molecule has 3 nitrogen and oxygen atoms in total. The van der Waals surface area contributed by atoms with Crippen LogP contribution in [0.1, 0.15) is 11.1 Å². The molecule has 0 atom stereocenters. The van der Waals surface area contributed by atoms with Crippen molar-refractivity contribution in [3.8, 4) is 11.5 Å². The molecule has 0 aliphatic carbocycles. The number of aryl methyl sites for hydroxylation is 2. The fourth-order valence-electron chi connectivity index (χ4n) is 1.98. The minimum atomic E-state index is -5.39. The second-order valence-corrected chi connectivity index (χ2v) is 7.76. The number of rotatable bonds is 3. The van der Waals surface area contributed by atoms with Crippen LogP contribution in [0.3, 0.4) is 0 Å². The molecule has 0 amide bonds. The molecular formula is C15H12BrF3O3S. The molecule has 0 aromatic heterocycles. The molecule has 0 saturated heterocycles. The molecule has 0 saturated carbocycles. The van der Waals surface area contributed by atoms with Gasteiger partial charge >= 0.3 is 5.51 Å². The highest BCUT2D eigenvalue weighted by Gasteiger charge is 2.47. The van der Waals surface area contributed by atoms with Crippen LogP contribution in [-0.2, 0) is 9.84 Å². The Labute approximate surface area is 140 Å². The maximum atomic E-state index is 12.6. The van der Waals surface area contributed by atoms with Gasteiger partial charge in [-0.1, -0.05) is 6.07 Å². The van der Waals surface area contributed by atoms with Gasteiger partial charge in [-0.05, 0) is 71.2 Å². The van der Waals surface area contributed by atoms with E-state index < -0.39 is 20.2 Å². The predicted octanol–water partition coefficient (Wildman–Crippen LogP) is 5.15. The average Bonchev–Trinajstić information content (AvgIpc) is 2.38. The van der Waals surface area contributed by atoms with E-state index >= 15 is 0 Å². The standard InChI is InChI=1S/C15H12BrF3O3S/c1-9-5-10(2)7-11(6-9)22-14-4-3-12(8-13(14)16)23(20,21)15(17,18)19/h3-8H,1-2H3. The number of halogens is 4. The maximum Gasteiger partial charge on any atom is 0.501 e. The predicted molar refractivity (Wildman–Crippen MR) is 83.4 cm³/mol. The van der Waals surface area contributed by atoms with Crippen LogP contribution in [0.2, 0.25) is 0 Å².